The van der Waals surface area contributed by atoms with Crippen LogP contribution in [0.25, 0.3) is 0 Å². The van der Waals surface area contributed by atoms with Gasteiger partial charge in [-0.15, -0.1) is 0 Å². The molecule has 0 amide bonds. The third-order valence-electron chi connectivity index (χ3n) is 1.93. The Labute approximate surface area is 108 Å². The maximum atomic E-state index is 12.6. The summed E-state index contributed by atoms with van der Waals surface area (Å²) in [6.45, 7) is 6.00. The number of hydrogen-bond acceptors (Lipinski definition) is 3. The zero-order chi connectivity index (χ0) is 13.1. The average Bonchev–Trinajstić information content (AvgIpc) is 2.13. The van der Waals surface area contributed by atoms with Crippen molar-refractivity contribution in [1.82, 2.24) is 0 Å². The molecule has 0 saturated heterocycles. The number of aliphatic imine (C=N–C) groups is 1. The van der Waals surface area contributed by atoms with Crippen LogP contribution in [0.5, 0.6) is 0 Å². The van der Waals surface area contributed by atoms with E-state index in [0.717, 1.165) is 10.1 Å². The molecule has 0 radical (unpaired) electrons. The lowest BCUT2D eigenvalue weighted by atomic mass is 10.2. The van der Waals surface area contributed by atoms with Crippen LogP contribution in [0.15, 0.2) is 28.7 Å². The smallest absolute Gasteiger partial charge is 0.240 e. The van der Waals surface area contributed by atoms with E-state index in [-0.39, 0.29) is 16.9 Å². The predicted octanol–water partition coefficient (Wildman–Crippen LogP) is 4.97. The molecule has 1 rings (SSSR count). The molecule has 1 aliphatic heterocycles. The first-order valence-electron chi connectivity index (χ1n) is 5.10. The fourth-order valence-corrected chi connectivity index (χ4v) is 4.00. The SMILES string of the molecule is CC1=CC(C)(C)SC(SCCC(F)=C(F)F)=N1. The van der Waals surface area contributed by atoms with E-state index in [1.54, 1.807) is 11.8 Å². The summed E-state index contributed by atoms with van der Waals surface area (Å²) in [6.07, 6.45) is -0.431. The lowest BCUT2D eigenvalue weighted by molar-refractivity contribution is 0.373. The van der Waals surface area contributed by atoms with Gasteiger partial charge in [0.2, 0.25) is 0 Å². The summed E-state index contributed by atoms with van der Waals surface area (Å²) < 4.78 is 37.0. The van der Waals surface area contributed by atoms with E-state index < -0.39 is 11.9 Å². The second-order valence-electron chi connectivity index (χ2n) is 4.13. The predicted molar refractivity (Wildman–Crippen MR) is 70.3 cm³/mol. The van der Waals surface area contributed by atoms with Crippen LogP contribution in [0.2, 0.25) is 0 Å². The van der Waals surface area contributed by atoms with Gasteiger partial charge in [-0.2, -0.15) is 8.78 Å². The fraction of sp³-hybridized carbons (Fsp3) is 0.545. The summed E-state index contributed by atoms with van der Waals surface area (Å²) in [5.41, 5.74) is 0.906. The Hall–Kier alpha value is -0.360. The number of hydrogen-bond donors (Lipinski definition) is 0. The molecule has 96 valence electrons. The Kier molecular flexibility index (Phi) is 5.19. The average molecular weight is 281 g/mol. The summed E-state index contributed by atoms with van der Waals surface area (Å²) in [6, 6.07) is 0. The molecule has 1 nitrogen and oxygen atoms in total. The van der Waals surface area contributed by atoms with Crippen molar-refractivity contribution in [1.29, 1.82) is 0 Å². The van der Waals surface area contributed by atoms with Crippen LogP contribution in [0.3, 0.4) is 0 Å². The number of allylic oxidation sites excluding steroid dienone is 2. The number of rotatable bonds is 3. The molecular formula is C11H14F3NS2. The molecular weight excluding hydrogens is 267 g/mol. The molecule has 0 N–H and O–H groups in total. The minimum absolute atomic E-state index is 0.0477. The van der Waals surface area contributed by atoms with Crippen molar-refractivity contribution >= 4 is 27.9 Å². The Morgan fingerprint density at radius 2 is 2.06 bits per heavy atom. The highest BCUT2D eigenvalue weighted by Crippen LogP contribution is 2.37. The molecule has 0 aliphatic carbocycles. The number of nitrogens with zero attached hydrogens (tertiary/aromatic N) is 1. The quantitative estimate of drug-likeness (QED) is 0.724. The first-order valence-corrected chi connectivity index (χ1v) is 6.90. The van der Waals surface area contributed by atoms with E-state index in [0.29, 0.717) is 0 Å². The fourth-order valence-electron chi connectivity index (χ4n) is 1.34. The van der Waals surface area contributed by atoms with Crippen molar-refractivity contribution < 1.29 is 13.2 Å². The molecule has 17 heavy (non-hydrogen) atoms. The molecule has 0 unspecified atom stereocenters. The second kappa shape index (κ2) is 6.00. The van der Waals surface area contributed by atoms with E-state index in [4.69, 9.17) is 0 Å². The van der Waals surface area contributed by atoms with Crippen molar-refractivity contribution in [2.75, 3.05) is 5.75 Å². The second-order valence-corrected chi connectivity index (χ2v) is 7.12. The summed E-state index contributed by atoms with van der Waals surface area (Å²) in [7, 11) is 0. The van der Waals surface area contributed by atoms with Crippen LogP contribution >= 0.6 is 23.5 Å². The summed E-state index contributed by atoms with van der Waals surface area (Å²) >= 11 is 2.88. The van der Waals surface area contributed by atoms with Gasteiger partial charge in [0.25, 0.3) is 0 Å². The first kappa shape index (κ1) is 14.7. The Balaban J connectivity index is 2.49. The van der Waals surface area contributed by atoms with Crippen LogP contribution in [0, 0.1) is 0 Å². The minimum atomic E-state index is -2.22. The lowest BCUT2D eigenvalue weighted by Crippen LogP contribution is -2.17. The lowest BCUT2D eigenvalue weighted by Gasteiger charge is -2.24. The van der Waals surface area contributed by atoms with Crippen LogP contribution < -0.4 is 0 Å². The van der Waals surface area contributed by atoms with Gasteiger partial charge < -0.3 is 0 Å². The molecule has 6 heteroatoms. The maximum absolute atomic E-state index is 12.6. The molecule has 0 aromatic carbocycles. The van der Waals surface area contributed by atoms with Crippen LogP contribution in [0.4, 0.5) is 13.2 Å². The van der Waals surface area contributed by atoms with Gasteiger partial charge in [0, 0.05) is 22.6 Å². The zero-order valence-electron chi connectivity index (χ0n) is 9.89. The van der Waals surface area contributed by atoms with E-state index in [1.165, 1.54) is 11.8 Å². The van der Waals surface area contributed by atoms with Crippen molar-refractivity contribution in [2.45, 2.75) is 31.9 Å². The summed E-state index contributed by atoms with van der Waals surface area (Å²) in [5, 5.41) is 0. The van der Waals surface area contributed by atoms with E-state index in [2.05, 4.69) is 18.8 Å². The topological polar surface area (TPSA) is 12.4 Å². The van der Waals surface area contributed by atoms with E-state index in [1.807, 2.05) is 13.0 Å². The molecule has 0 atom stereocenters. The molecule has 0 fully saturated rings. The molecule has 0 saturated carbocycles. The Morgan fingerprint density at radius 3 is 2.59 bits per heavy atom. The number of thioether (sulfide) groups is 2. The zero-order valence-corrected chi connectivity index (χ0v) is 11.5. The van der Waals surface area contributed by atoms with Gasteiger partial charge in [0.05, 0.1) is 0 Å². The van der Waals surface area contributed by atoms with Crippen LogP contribution in [-0.2, 0) is 0 Å². The van der Waals surface area contributed by atoms with Gasteiger partial charge in [-0.05, 0) is 26.8 Å². The Morgan fingerprint density at radius 1 is 1.41 bits per heavy atom. The van der Waals surface area contributed by atoms with Crippen molar-refractivity contribution in [2.24, 2.45) is 4.99 Å². The van der Waals surface area contributed by atoms with Gasteiger partial charge in [-0.1, -0.05) is 23.5 Å². The third kappa shape index (κ3) is 5.21. The molecule has 0 bridgehead atoms. The highest BCUT2D eigenvalue weighted by atomic mass is 32.2. The molecule has 1 aliphatic rings. The highest BCUT2D eigenvalue weighted by molar-refractivity contribution is 8.39. The monoisotopic (exact) mass is 281 g/mol. The standard InChI is InChI=1S/C11H14F3NS2/c1-7-6-11(2,3)17-10(15-7)16-5-4-8(12)9(13)14/h6H,4-5H2,1-3H3. The molecule has 1 heterocycles. The molecule has 0 aromatic heterocycles. The van der Waals surface area contributed by atoms with E-state index >= 15 is 0 Å². The van der Waals surface area contributed by atoms with Gasteiger partial charge in [-0.3, -0.25) is 0 Å². The largest absolute Gasteiger partial charge is 0.301 e. The number of halogens is 3. The Bertz CT molecular complexity index is 382. The molecule has 0 aromatic rings. The van der Waals surface area contributed by atoms with Crippen molar-refractivity contribution in [3.63, 3.8) is 0 Å². The van der Waals surface area contributed by atoms with E-state index in [9.17, 15) is 13.2 Å². The third-order valence-corrected chi connectivity index (χ3v) is 4.19. The van der Waals surface area contributed by atoms with Gasteiger partial charge in [-0.25, -0.2) is 9.38 Å². The van der Waals surface area contributed by atoms with Crippen molar-refractivity contribution in [3.05, 3.63) is 23.7 Å². The molecule has 0 spiro atoms. The van der Waals surface area contributed by atoms with Gasteiger partial charge in [0.15, 0.2) is 5.83 Å². The highest BCUT2D eigenvalue weighted by Gasteiger charge is 2.23. The van der Waals surface area contributed by atoms with Crippen molar-refractivity contribution in [3.8, 4) is 0 Å². The van der Waals surface area contributed by atoms with Crippen LogP contribution in [0.1, 0.15) is 27.2 Å². The van der Waals surface area contributed by atoms with Gasteiger partial charge in [0.1, 0.15) is 4.38 Å². The van der Waals surface area contributed by atoms with Crippen LogP contribution in [-0.4, -0.2) is 14.9 Å². The van der Waals surface area contributed by atoms with Gasteiger partial charge >= 0.3 is 6.08 Å². The summed E-state index contributed by atoms with van der Waals surface area (Å²) in [5.74, 6) is -1.05. The summed E-state index contributed by atoms with van der Waals surface area (Å²) in [4.78, 5) is 4.30. The maximum Gasteiger partial charge on any atom is 0.301 e. The normalized spacial score (nSPS) is 18.5. The minimum Gasteiger partial charge on any atom is -0.240 e. The first-order chi connectivity index (χ1) is 7.80.